The molecule has 0 fully saturated rings. The molecule has 1 N–H and O–H groups in total. The summed E-state index contributed by atoms with van der Waals surface area (Å²) >= 11 is 6.27. The molecule has 21 heavy (non-hydrogen) atoms. The van der Waals surface area contributed by atoms with E-state index in [1.54, 1.807) is 26.6 Å². The van der Waals surface area contributed by atoms with Crippen LogP contribution < -0.4 is 14.8 Å². The molecule has 2 rings (SSSR count). The number of pyridine rings is 1. The monoisotopic (exact) mass is 306 g/mol. The molecule has 1 atom stereocenters. The number of nitrogens with one attached hydrogen (secondary N) is 1. The summed E-state index contributed by atoms with van der Waals surface area (Å²) in [4.78, 5) is 4.04. The molecule has 4 nitrogen and oxygen atoms in total. The Bertz CT molecular complexity index is 590. The highest BCUT2D eigenvalue weighted by molar-refractivity contribution is 6.32. The van der Waals surface area contributed by atoms with Gasteiger partial charge in [-0.25, -0.2) is 0 Å². The lowest BCUT2D eigenvalue weighted by Gasteiger charge is -2.19. The minimum atomic E-state index is 0.129. The molecular formula is C16H19ClN2O2. The summed E-state index contributed by atoms with van der Waals surface area (Å²) in [5.41, 5.74) is 2.26. The molecule has 112 valence electrons. The van der Waals surface area contributed by atoms with E-state index in [4.69, 9.17) is 21.1 Å². The van der Waals surface area contributed by atoms with Crippen LogP contribution in [0.25, 0.3) is 0 Å². The number of hydrogen-bond donors (Lipinski definition) is 1. The molecule has 0 amide bonds. The van der Waals surface area contributed by atoms with Crippen molar-refractivity contribution in [2.24, 2.45) is 0 Å². The minimum Gasteiger partial charge on any atom is -0.493 e. The van der Waals surface area contributed by atoms with Gasteiger partial charge in [-0.15, -0.1) is 0 Å². The lowest BCUT2D eigenvalue weighted by molar-refractivity contribution is 0.354. The highest BCUT2D eigenvalue weighted by Crippen LogP contribution is 2.38. The van der Waals surface area contributed by atoms with Crippen LogP contribution in [0.3, 0.4) is 0 Å². The molecule has 0 radical (unpaired) electrons. The number of rotatable bonds is 6. The fraction of sp³-hybridized carbons (Fsp3) is 0.312. The first kappa shape index (κ1) is 15.6. The quantitative estimate of drug-likeness (QED) is 0.889. The maximum Gasteiger partial charge on any atom is 0.179 e. The first-order valence-electron chi connectivity index (χ1n) is 6.67. The van der Waals surface area contributed by atoms with E-state index in [0.29, 0.717) is 16.5 Å². The van der Waals surface area contributed by atoms with E-state index in [-0.39, 0.29) is 6.04 Å². The Morgan fingerprint density at radius 1 is 1.19 bits per heavy atom. The van der Waals surface area contributed by atoms with Crippen LogP contribution in [0.1, 0.15) is 17.2 Å². The zero-order valence-electron chi connectivity index (χ0n) is 12.4. The molecule has 0 aliphatic heterocycles. The summed E-state index contributed by atoms with van der Waals surface area (Å²) in [7, 11) is 5.11. The molecule has 1 aromatic carbocycles. The van der Waals surface area contributed by atoms with E-state index in [9.17, 15) is 0 Å². The van der Waals surface area contributed by atoms with Crippen molar-refractivity contribution in [1.29, 1.82) is 0 Å². The van der Waals surface area contributed by atoms with Gasteiger partial charge in [0, 0.05) is 18.4 Å². The van der Waals surface area contributed by atoms with Gasteiger partial charge in [0.05, 0.1) is 19.2 Å². The van der Waals surface area contributed by atoms with Crippen LogP contribution in [-0.4, -0.2) is 26.3 Å². The molecule has 0 saturated heterocycles. The van der Waals surface area contributed by atoms with Gasteiger partial charge in [-0.3, -0.25) is 4.98 Å². The molecule has 5 heteroatoms. The van der Waals surface area contributed by atoms with Gasteiger partial charge in [-0.05, 0) is 48.9 Å². The number of methoxy groups -OCH3 is 2. The first-order chi connectivity index (χ1) is 10.2. The van der Waals surface area contributed by atoms with Crippen molar-refractivity contribution >= 4 is 11.6 Å². The number of likely N-dealkylation sites (N-methyl/N-ethyl adjacent to an activating group) is 1. The van der Waals surface area contributed by atoms with Crippen molar-refractivity contribution < 1.29 is 9.47 Å². The number of hydrogen-bond acceptors (Lipinski definition) is 4. The number of nitrogens with zero attached hydrogens (tertiary/aromatic N) is 1. The van der Waals surface area contributed by atoms with E-state index >= 15 is 0 Å². The van der Waals surface area contributed by atoms with E-state index in [1.165, 1.54) is 5.56 Å². The summed E-state index contributed by atoms with van der Waals surface area (Å²) in [5.74, 6) is 1.19. The fourth-order valence-electron chi connectivity index (χ4n) is 2.28. The summed E-state index contributed by atoms with van der Waals surface area (Å²) in [5, 5.41) is 3.85. The van der Waals surface area contributed by atoms with E-state index in [1.807, 2.05) is 31.3 Å². The largest absolute Gasteiger partial charge is 0.493 e. The Hall–Kier alpha value is -1.78. The molecule has 0 aliphatic carbocycles. The SMILES string of the molecule is CNC(Cc1ccncc1)c1cc(Cl)c(OC)c(OC)c1. The van der Waals surface area contributed by atoms with Crippen molar-refractivity contribution in [3.8, 4) is 11.5 Å². The van der Waals surface area contributed by atoms with E-state index in [2.05, 4.69) is 10.3 Å². The third-order valence-corrected chi connectivity index (χ3v) is 3.68. The van der Waals surface area contributed by atoms with Gasteiger partial charge >= 0.3 is 0 Å². The summed E-state index contributed by atoms with van der Waals surface area (Å²) in [6.45, 7) is 0. The standard InChI is InChI=1S/C16H19ClN2O2/c1-18-14(8-11-4-6-19-7-5-11)12-9-13(17)16(21-3)15(10-12)20-2/h4-7,9-10,14,18H,8H2,1-3H3. The van der Waals surface area contributed by atoms with Crippen LogP contribution in [0.5, 0.6) is 11.5 Å². The van der Waals surface area contributed by atoms with Gasteiger partial charge in [0.1, 0.15) is 0 Å². The van der Waals surface area contributed by atoms with E-state index in [0.717, 1.165) is 12.0 Å². The van der Waals surface area contributed by atoms with Crippen molar-refractivity contribution in [2.75, 3.05) is 21.3 Å². The number of benzene rings is 1. The predicted octanol–water partition coefficient (Wildman–Crippen LogP) is 3.26. The van der Waals surface area contributed by atoms with Crippen LogP contribution in [0, 0.1) is 0 Å². The minimum absolute atomic E-state index is 0.129. The number of ether oxygens (including phenoxy) is 2. The highest BCUT2D eigenvalue weighted by atomic mass is 35.5. The third kappa shape index (κ3) is 3.65. The Labute approximate surface area is 130 Å². The van der Waals surface area contributed by atoms with Crippen LogP contribution in [0.2, 0.25) is 5.02 Å². The normalized spacial score (nSPS) is 12.0. The zero-order valence-corrected chi connectivity index (χ0v) is 13.1. The molecule has 1 heterocycles. The lowest BCUT2D eigenvalue weighted by atomic mass is 9.99. The van der Waals surface area contributed by atoms with Gasteiger partial charge in [0.15, 0.2) is 11.5 Å². The molecule has 0 spiro atoms. The smallest absolute Gasteiger partial charge is 0.179 e. The topological polar surface area (TPSA) is 43.4 Å². The van der Waals surface area contributed by atoms with Gasteiger partial charge in [-0.1, -0.05) is 11.6 Å². The van der Waals surface area contributed by atoms with Crippen LogP contribution in [0.15, 0.2) is 36.7 Å². The van der Waals surface area contributed by atoms with E-state index < -0.39 is 0 Å². The second-order valence-corrected chi connectivity index (χ2v) is 5.05. The molecular weight excluding hydrogens is 288 g/mol. The predicted molar refractivity (Wildman–Crippen MR) is 84.3 cm³/mol. The maximum absolute atomic E-state index is 6.27. The first-order valence-corrected chi connectivity index (χ1v) is 7.05. The zero-order chi connectivity index (χ0) is 15.2. The molecule has 0 bridgehead atoms. The fourth-order valence-corrected chi connectivity index (χ4v) is 2.58. The Kier molecular flexibility index (Phi) is 5.42. The van der Waals surface area contributed by atoms with Crippen molar-refractivity contribution in [3.63, 3.8) is 0 Å². The van der Waals surface area contributed by atoms with Gasteiger partial charge in [0.25, 0.3) is 0 Å². The Morgan fingerprint density at radius 3 is 2.48 bits per heavy atom. The summed E-state index contributed by atoms with van der Waals surface area (Å²) in [6, 6.07) is 8.00. The molecule has 0 aliphatic rings. The Balaban J connectivity index is 2.32. The molecule has 0 saturated carbocycles. The van der Waals surface area contributed by atoms with Crippen molar-refractivity contribution in [1.82, 2.24) is 10.3 Å². The van der Waals surface area contributed by atoms with Gasteiger partial charge in [-0.2, -0.15) is 0 Å². The molecule has 1 unspecified atom stereocenters. The number of aromatic nitrogens is 1. The van der Waals surface area contributed by atoms with Crippen LogP contribution in [0.4, 0.5) is 0 Å². The average molecular weight is 307 g/mol. The van der Waals surface area contributed by atoms with Crippen molar-refractivity contribution in [2.45, 2.75) is 12.5 Å². The van der Waals surface area contributed by atoms with Crippen LogP contribution in [-0.2, 0) is 6.42 Å². The average Bonchev–Trinajstić information content (AvgIpc) is 2.52. The lowest BCUT2D eigenvalue weighted by Crippen LogP contribution is -2.19. The second-order valence-electron chi connectivity index (χ2n) is 4.64. The molecule has 2 aromatic rings. The van der Waals surface area contributed by atoms with Gasteiger partial charge < -0.3 is 14.8 Å². The van der Waals surface area contributed by atoms with Gasteiger partial charge in [0.2, 0.25) is 0 Å². The molecule has 1 aromatic heterocycles. The Morgan fingerprint density at radius 2 is 1.90 bits per heavy atom. The van der Waals surface area contributed by atoms with Crippen molar-refractivity contribution in [3.05, 3.63) is 52.8 Å². The number of halogens is 1. The highest BCUT2D eigenvalue weighted by Gasteiger charge is 2.16. The third-order valence-electron chi connectivity index (χ3n) is 3.40. The summed E-state index contributed by atoms with van der Waals surface area (Å²) < 4.78 is 10.6. The summed E-state index contributed by atoms with van der Waals surface area (Å²) in [6.07, 6.45) is 4.43. The maximum atomic E-state index is 6.27. The second kappa shape index (κ2) is 7.29. The van der Waals surface area contributed by atoms with Crippen LogP contribution >= 0.6 is 11.6 Å².